The zero-order valence-corrected chi connectivity index (χ0v) is 9.24. The Bertz CT molecular complexity index is 548. The van der Waals surface area contributed by atoms with Crippen molar-refractivity contribution in [3.63, 3.8) is 0 Å². The maximum absolute atomic E-state index is 11.4. The minimum absolute atomic E-state index is 0.0491. The quantitative estimate of drug-likeness (QED) is 0.870. The molecule has 1 N–H and O–H groups in total. The van der Waals surface area contributed by atoms with Crippen molar-refractivity contribution < 1.29 is 9.84 Å². The monoisotopic (exact) mass is 231 g/mol. The van der Waals surface area contributed by atoms with Crippen LogP contribution in [0, 0.1) is 0 Å². The van der Waals surface area contributed by atoms with Crippen LogP contribution < -0.4 is 10.3 Å². The highest BCUT2D eigenvalue weighted by molar-refractivity contribution is 5.31. The average molecular weight is 231 g/mol. The number of nitrogens with zero attached hydrogens (tertiary/aromatic N) is 1. The van der Waals surface area contributed by atoms with Gasteiger partial charge in [-0.2, -0.15) is 0 Å². The molecule has 4 heteroatoms. The fraction of sp³-hybridized carbons (Fsp3) is 0.154. The summed E-state index contributed by atoms with van der Waals surface area (Å²) in [6.45, 7) is 0.864. The lowest BCUT2D eigenvalue weighted by Gasteiger charge is -2.07. The van der Waals surface area contributed by atoms with Crippen LogP contribution in [0.1, 0.15) is 0 Å². The lowest BCUT2D eigenvalue weighted by Crippen LogP contribution is -2.21. The molecule has 1 aromatic carbocycles. The van der Waals surface area contributed by atoms with Gasteiger partial charge in [-0.05, 0) is 18.2 Å². The number of phenolic OH excluding ortho intramolecular Hbond substituents is 1. The fourth-order valence-corrected chi connectivity index (χ4v) is 1.48. The van der Waals surface area contributed by atoms with Crippen LogP contribution in [-0.2, 0) is 6.54 Å². The Morgan fingerprint density at radius 1 is 1.18 bits per heavy atom. The van der Waals surface area contributed by atoms with Gasteiger partial charge < -0.3 is 14.4 Å². The number of ether oxygens (including phenoxy) is 1. The van der Waals surface area contributed by atoms with Gasteiger partial charge in [0, 0.05) is 18.3 Å². The zero-order chi connectivity index (χ0) is 12.1. The largest absolute Gasteiger partial charge is 0.508 e. The number of aromatic hydroxyl groups is 1. The first-order valence-electron chi connectivity index (χ1n) is 5.33. The van der Waals surface area contributed by atoms with Crippen molar-refractivity contribution >= 4 is 0 Å². The molecule has 4 nitrogen and oxygen atoms in total. The van der Waals surface area contributed by atoms with Gasteiger partial charge in [0.25, 0.3) is 5.56 Å². The van der Waals surface area contributed by atoms with Gasteiger partial charge in [-0.3, -0.25) is 4.79 Å². The van der Waals surface area contributed by atoms with Gasteiger partial charge in [0.05, 0.1) is 6.54 Å². The van der Waals surface area contributed by atoms with E-state index in [0.29, 0.717) is 18.9 Å². The molecule has 0 aliphatic carbocycles. The van der Waals surface area contributed by atoms with E-state index in [9.17, 15) is 9.90 Å². The summed E-state index contributed by atoms with van der Waals surface area (Å²) in [6, 6.07) is 11.6. The predicted octanol–water partition coefficient (Wildman–Crippen LogP) is 1.63. The maximum atomic E-state index is 11.4. The minimum atomic E-state index is -0.0491. The Balaban J connectivity index is 1.92. The first-order valence-corrected chi connectivity index (χ1v) is 5.33. The highest BCUT2D eigenvalue weighted by Gasteiger charge is 1.97. The molecule has 0 saturated heterocycles. The van der Waals surface area contributed by atoms with E-state index in [2.05, 4.69) is 0 Å². The first-order chi connectivity index (χ1) is 8.25. The van der Waals surface area contributed by atoms with Crippen LogP contribution in [0.25, 0.3) is 0 Å². The van der Waals surface area contributed by atoms with E-state index in [-0.39, 0.29) is 11.3 Å². The van der Waals surface area contributed by atoms with E-state index in [4.69, 9.17) is 4.74 Å². The van der Waals surface area contributed by atoms with Crippen LogP contribution in [0.3, 0.4) is 0 Å². The van der Waals surface area contributed by atoms with E-state index < -0.39 is 0 Å². The van der Waals surface area contributed by atoms with Crippen molar-refractivity contribution in [2.75, 3.05) is 6.61 Å². The molecule has 0 unspecified atom stereocenters. The van der Waals surface area contributed by atoms with Crippen LogP contribution >= 0.6 is 0 Å². The number of phenols is 1. The van der Waals surface area contributed by atoms with E-state index in [1.54, 1.807) is 41.1 Å². The van der Waals surface area contributed by atoms with Gasteiger partial charge in [0.1, 0.15) is 18.1 Å². The molecule has 2 aromatic rings. The van der Waals surface area contributed by atoms with Crippen LogP contribution in [0.4, 0.5) is 0 Å². The summed E-state index contributed by atoms with van der Waals surface area (Å²) >= 11 is 0. The molecule has 88 valence electrons. The summed E-state index contributed by atoms with van der Waals surface area (Å²) in [5, 5.41) is 9.24. The molecule has 1 aromatic heterocycles. The van der Waals surface area contributed by atoms with Crippen molar-refractivity contribution in [1.29, 1.82) is 0 Å². The molecule has 0 radical (unpaired) electrons. The third-order valence-corrected chi connectivity index (χ3v) is 2.32. The van der Waals surface area contributed by atoms with Gasteiger partial charge in [0.2, 0.25) is 0 Å². The Labute approximate surface area is 98.7 Å². The summed E-state index contributed by atoms with van der Waals surface area (Å²) in [5.74, 6) is 0.758. The number of hydrogen-bond acceptors (Lipinski definition) is 3. The molecule has 0 bridgehead atoms. The second kappa shape index (κ2) is 5.21. The maximum Gasteiger partial charge on any atom is 0.250 e. The van der Waals surface area contributed by atoms with Crippen molar-refractivity contribution in [3.8, 4) is 11.5 Å². The zero-order valence-electron chi connectivity index (χ0n) is 9.24. The Morgan fingerprint density at radius 2 is 2.06 bits per heavy atom. The summed E-state index contributed by atoms with van der Waals surface area (Å²) in [7, 11) is 0. The van der Waals surface area contributed by atoms with Crippen molar-refractivity contribution in [1.82, 2.24) is 4.57 Å². The van der Waals surface area contributed by atoms with E-state index in [1.165, 1.54) is 12.1 Å². The van der Waals surface area contributed by atoms with Gasteiger partial charge in [-0.25, -0.2) is 0 Å². The smallest absolute Gasteiger partial charge is 0.250 e. The van der Waals surface area contributed by atoms with Gasteiger partial charge in [-0.15, -0.1) is 0 Å². The second-order valence-corrected chi connectivity index (χ2v) is 3.58. The van der Waals surface area contributed by atoms with E-state index >= 15 is 0 Å². The summed E-state index contributed by atoms with van der Waals surface area (Å²) in [5.41, 5.74) is -0.0491. The number of benzene rings is 1. The lowest BCUT2D eigenvalue weighted by atomic mass is 10.3. The normalized spacial score (nSPS) is 10.1. The predicted molar refractivity (Wildman–Crippen MR) is 64.3 cm³/mol. The van der Waals surface area contributed by atoms with E-state index in [0.717, 1.165) is 0 Å². The van der Waals surface area contributed by atoms with Crippen LogP contribution in [-0.4, -0.2) is 16.3 Å². The topological polar surface area (TPSA) is 51.5 Å². The summed E-state index contributed by atoms with van der Waals surface area (Å²) < 4.78 is 7.00. The Morgan fingerprint density at radius 3 is 2.82 bits per heavy atom. The van der Waals surface area contributed by atoms with Crippen molar-refractivity contribution in [2.45, 2.75) is 6.54 Å². The first kappa shape index (κ1) is 11.3. The highest BCUT2D eigenvalue weighted by Crippen LogP contribution is 2.17. The number of aromatic nitrogens is 1. The molecule has 0 spiro atoms. The van der Waals surface area contributed by atoms with Gasteiger partial charge >= 0.3 is 0 Å². The number of hydrogen-bond donors (Lipinski definition) is 1. The molecular formula is C13H13NO3. The molecular weight excluding hydrogens is 218 g/mol. The summed E-state index contributed by atoms with van der Waals surface area (Å²) in [4.78, 5) is 11.4. The standard InChI is InChI=1S/C13H13NO3/c15-11-4-3-5-12(10-11)17-9-8-14-7-2-1-6-13(14)16/h1-7,10,15H,8-9H2. The molecule has 0 saturated carbocycles. The van der Waals surface area contributed by atoms with Crippen molar-refractivity contribution in [3.05, 3.63) is 59.0 Å². The molecule has 17 heavy (non-hydrogen) atoms. The molecule has 0 aliphatic heterocycles. The van der Waals surface area contributed by atoms with Crippen LogP contribution in [0.15, 0.2) is 53.5 Å². The Kier molecular flexibility index (Phi) is 3.45. The third kappa shape index (κ3) is 3.11. The molecule has 0 atom stereocenters. The fourth-order valence-electron chi connectivity index (χ4n) is 1.48. The summed E-state index contributed by atoms with van der Waals surface area (Å²) in [6.07, 6.45) is 1.72. The minimum Gasteiger partial charge on any atom is -0.508 e. The molecule has 1 heterocycles. The van der Waals surface area contributed by atoms with E-state index in [1.807, 2.05) is 0 Å². The number of rotatable bonds is 4. The molecule has 0 fully saturated rings. The second-order valence-electron chi connectivity index (χ2n) is 3.58. The molecule has 2 rings (SSSR count). The van der Waals surface area contributed by atoms with Gasteiger partial charge in [-0.1, -0.05) is 12.1 Å². The lowest BCUT2D eigenvalue weighted by molar-refractivity contribution is 0.295. The SMILES string of the molecule is O=c1ccccn1CCOc1cccc(O)c1. The number of pyridine rings is 1. The van der Waals surface area contributed by atoms with Gasteiger partial charge in [0.15, 0.2) is 0 Å². The highest BCUT2D eigenvalue weighted by atomic mass is 16.5. The van der Waals surface area contributed by atoms with Crippen LogP contribution in [0.2, 0.25) is 0 Å². The Hall–Kier alpha value is -2.23. The van der Waals surface area contributed by atoms with Crippen LogP contribution in [0.5, 0.6) is 11.5 Å². The molecule has 0 aliphatic rings. The third-order valence-electron chi connectivity index (χ3n) is 2.32. The average Bonchev–Trinajstić information content (AvgIpc) is 2.32. The molecule has 0 amide bonds. The van der Waals surface area contributed by atoms with Crippen molar-refractivity contribution in [2.24, 2.45) is 0 Å².